The van der Waals surface area contributed by atoms with Crippen molar-refractivity contribution >= 4 is 0 Å². The van der Waals surface area contributed by atoms with Crippen LogP contribution in [0.5, 0.6) is 0 Å². The maximum absolute atomic E-state index is 11.3. The fourth-order valence-corrected chi connectivity index (χ4v) is 5.23. The quantitative estimate of drug-likeness (QED) is 0.669. The molecule has 0 radical (unpaired) electrons. The molecule has 0 saturated carbocycles. The highest BCUT2D eigenvalue weighted by atomic mass is 16.3. The highest BCUT2D eigenvalue weighted by Gasteiger charge is 2.59. The lowest BCUT2D eigenvalue weighted by Crippen LogP contribution is -2.29. The van der Waals surface area contributed by atoms with Crippen LogP contribution >= 0.6 is 0 Å². The molecule has 118 valence electrons. The minimum Gasteiger partial charge on any atom is -0.388 e. The molecule has 2 aliphatic carbocycles. The van der Waals surface area contributed by atoms with E-state index in [1.54, 1.807) is 0 Å². The zero-order valence-corrected chi connectivity index (χ0v) is 13.7. The molecule has 1 nitrogen and oxygen atoms in total. The number of hydrogen-bond acceptors (Lipinski definition) is 1. The normalized spacial score (nSPS) is 29.8. The number of aliphatic hydroxyl groups is 1. The fourth-order valence-electron chi connectivity index (χ4n) is 5.23. The van der Waals surface area contributed by atoms with Crippen LogP contribution in [0.4, 0.5) is 0 Å². The van der Waals surface area contributed by atoms with Crippen molar-refractivity contribution in [3.63, 3.8) is 0 Å². The van der Waals surface area contributed by atoms with Crippen molar-refractivity contribution in [2.75, 3.05) is 0 Å². The summed E-state index contributed by atoms with van der Waals surface area (Å²) in [4.78, 5) is 0. The Kier molecular flexibility index (Phi) is 2.81. The Morgan fingerprint density at radius 3 is 1.71 bits per heavy atom. The van der Waals surface area contributed by atoms with E-state index in [2.05, 4.69) is 79.7 Å². The predicted molar refractivity (Wildman–Crippen MR) is 96.1 cm³/mol. The van der Waals surface area contributed by atoms with Crippen LogP contribution in [0.1, 0.15) is 52.7 Å². The van der Waals surface area contributed by atoms with E-state index in [0.717, 1.165) is 5.56 Å². The average molecular weight is 312 g/mol. The van der Waals surface area contributed by atoms with Crippen molar-refractivity contribution in [2.45, 2.75) is 24.9 Å². The highest BCUT2D eigenvalue weighted by Crippen LogP contribution is 2.69. The Labute approximate surface area is 142 Å². The fraction of sp³-hybridized carbons (Fsp3) is 0.217. The molecular weight excluding hydrogens is 292 g/mol. The summed E-state index contributed by atoms with van der Waals surface area (Å²) >= 11 is 0. The molecule has 5 rings (SSSR count). The first-order chi connectivity index (χ1) is 11.7. The standard InChI is InChI=1S/C23H20O/c1-23-20(15-9-3-2-4-10-15)16-11-5-6-12-17(16)21(23)18-13-7-8-14-19(18)22(23)24/h2-14,20-22,24H,1H3/t20?,21?,22?,23-/m0/s1. The first-order valence-corrected chi connectivity index (χ1v) is 8.63. The van der Waals surface area contributed by atoms with Crippen molar-refractivity contribution in [1.82, 2.24) is 0 Å². The summed E-state index contributed by atoms with van der Waals surface area (Å²) in [5.74, 6) is 0.465. The number of aliphatic hydroxyl groups excluding tert-OH is 1. The van der Waals surface area contributed by atoms with Gasteiger partial charge in [0, 0.05) is 17.3 Å². The molecule has 3 aromatic rings. The van der Waals surface area contributed by atoms with Crippen molar-refractivity contribution in [1.29, 1.82) is 0 Å². The van der Waals surface area contributed by atoms with Crippen LogP contribution in [0.15, 0.2) is 78.9 Å². The third-order valence-corrected chi connectivity index (χ3v) is 6.19. The van der Waals surface area contributed by atoms with Gasteiger partial charge in [-0.15, -0.1) is 0 Å². The maximum atomic E-state index is 11.3. The van der Waals surface area contributed by atoms with E-state index in [9.17, 15) is 5.11 Å². The molecule has 3 aromatic carbocycles. The Hall–Kier alpha value is -2.38. The molecule has 0 spiro atoms. The van der Waals surface area contributed by atoms with Gasteiger partial charge in [-0.05, 0) is 27.8 Å². The van der Waals surface area contributed by atoms with Gasteiger partial charge in [0.05, 0.1) is 6.10 Å². The molecule has 0 heterocycles. The molecule has 0 aromatic heterocycles. The largest absolute Gasteiger partial charge is 0.388 e. The molecular formula is C23H20O. The molecule has 24 heavy (non-hydrogen) atoms. The molecule has 4 atom stereocenters. The van der Waals surface area contributed by atoms with Gasteiger partial charge in [0.25, 0.3) is 0 Å². The van der Waals surface area contributed by atoms with Gasteiger partial charge in [0.15, 0.2) is 0 Å². The highest BCUT2D eigenvalue weighted by molar-refractivity contribution is 5.59. The minimum atomic E-state index is -0.448. The van der Waals surface area contributed by atoms with Crippen LogP contribution in [-0.4, -0.2) is 5.11 Å². The lowest BCUT2D eigenvalue weighted by molar-refractivity contribution is 0.0384. The third-order valence-electron chi connectivity index (χ3n) is 6.19. The molecule has 0 aliphatic heterocycles. The lowest BCUT2D eigenvalue weighted by atomic mass is 9.68. The van der Waals surface area contributed by atoms with Crippen molar-refractivity contribution in [2.24, 2.45) is 5.41 Å². The Balaban J connectivity index is 1.82. The van der Waals surface area contributed by atoms with Gasteiger partial charge >= 0.3 is 0 Å². The number of rotatable bonds is 1. The van der Waals surface area contributed by atoms with Gasteiger partial charge in [0.2, 0.25) is 0 Å². The van der Waals surface area contributed by atoms with E-state index < -0.39 is 6.10 Å². The van der Waals surface area contributed by atoms with Gasteiger partial charge in [0.1, 0.15) is 0 Å². The van der Waals surface area contributed by atoms with Crippen LogP contribution in [0.3, 0.4) is 0 Å². The first-order valence-electron chi connectivity index (χ1n) is 8.63. The molecule has 0 saturated heterocycles. The molecule has 3 unspecified atom stereocenters. The molecule has 0 amide bonds. The van der Waals surface area contributed by atoms with E-state index in [1.807, 2.05) is 6.07 Å². The van der Waals surface area contributed by atoms with Crippen LogP contribution in [0, 0.1) is 5.41 Å². The second kappa shape index (κ2) is 4.81. The first kappa shape index (κ1) is 14.0. The minimum absolute atomic E-state index is 0.210. The van der Waals surface area contributed by atoms with Gasteiger partial charge in [-0.3, -0.25) is 0 Å². The van der Waals surface area contributed by atoms with Crippen molar-refractivity contribution in [3.05, 3.63) is 107 Å². The van der Waals surface area contributed by atoms with Gasteiger partial charge in [-0.2, -0.15) is 0 Å². The van der Waals surface area contributed by atoms with Crippen LogP contribution < -0.4 is 0 Å². The van der Waals surface area contributed by atoms with E-state index in [4.69, 9.17) is 0 Å². The summed E-state index contributed by atoms with van der Waals surface area (Å²) in [5, 5.41) is 11.3. The second-order valence-corrected chi connectivity index (χ2v) is 7.30. The van der Waals surface area contributed by atoms with Crippen molar-refractivity contribution < 1.29 is 5.11 Å². The summed E-state index contributed by atoms with van der Waals surface area (Å²) in [6.07, 6.45) is -0.448. The Morgan fingerprint density at radius 2 is 1.08 bits per heavy atom. The van der Waals surface area contributed by atoms with E-state index in [1.165, 1.54) is 22.3 Å². The smallest absolute Gasteiger partial charge is 0.0864 e. The van der Waals surface area contributed by atoms with Gasteiger partial charge in [-0.25, -0.2) is 0 Å². The molecule has 0 bridgehead atoms. The topological polar surface area (TPSA) is 20.2 Å². The van der Waals surface area contributed by atoms with E-state index >= 15 is 0 Å². The lowest BCUT2D eigenvalue weighted by Gasteiger charge is -2.36. The van der Waals surface area contributed by atoms with Gasteiger partial charge in [-0.1, -0.05) is 85.8 Å². The van der Waals surface area contributed by atoms with E-state index in [-0.39, 0.29) is 17.3 Å². The second-order valence-electron chi connectivity index (χ2n) is 7.30. The zero-order valence-electron chi connectivity index (χ0n) is 13.7. The number of hydrogen-bond donors (Lipinski definition) is 1. The molecule has 0 fully saturated rings. The van der Waals surface area contributed by atoms with Crippen molar-refractivity contribution in [3.8, 4) is 0 Å². The summed E-state index contributed by atoms with van der Waals surface area (Å²) in [7, 11) is 0. The number of fused-ring (bicyclic) bond motifs is 5. The monoisotopic (exact) mass is 312 g/mol. The predicted octanol–water partition coefficient (Wildman–Crippen LogP) is 5.02. The summed E-state index contributed by atoms with van der Waals surface area (Å²) in [6.45, 7) is 2.26. The molecule has 1 heteroatoms. The van der Waals surface area contributed by atoms with Crippen LogP contribution in [0.25, 0.3) is 0 Å². The maximum Gasteiger partial charge on any atom is 0.0864 e. The van der Waals surface area contributed by atoms with Crippen LogP contribution in [-0.2, 0) is 0 Å². The SMILES string of the molecule is C[C@@]12C(O)c3ccccc3C1c1ccccc1C2c1ccccc1. The Morgan fingerprint density at radius 1 is 0.625 bits per heavy atom. The zero-order chi connectivity index (χ0) is 16.3. The van der Waals surface area contributed by atoms with E-state index in [0.29, 0.717) is 0 Å². The summed E-state index contributed by atoms with van der Waals surface area (Å²) < 4.78 is 0. The van der Waals surface area contributed by atoms with Crippen LogP contribution in [0.2, 0.25) is 0 Å². The molecule has 1 N–H and O–H groups in total. The average Bonchev–Trinajstić information content (AvgIpc) is 3.02. The van der Waals surface area contributed by atoms with Gasteiger partial charge < -0.3 is 5.11 Å². The Bertz CT molecular complexity index is 899. The number of benzene rings is 3. The summed E-state index contributed by atoms with van der Waals surface area (Å²) in [6, 6.07) is 27.8. The third kappa shape index (κ3) is 1.58. The summed E-state index contributed by atoms with van der Waals surface area (Å²) in [5.41, 5.74) is 6.18. The molecule has 2 aliphatic rings.